The lowest BCUT2D eigenvalue weighted by atomic mass is 10.2. The van der Waals surface area contributed by atoms with Crippen molar-refractivity contribution in [3.05, 3.63) is 0 Å². The van der Waals surface area contributed by atoms with Gasteiger partial charge >= 0.3 is 0 Å². The Morgan fingerprint density at radius 2 is 1.75 bits per heavy atom. The highest BCUT2D eigenvalue weighted by Gasteiger charge is 2.05. The summed E-state index contributed by atoms with van der Waals surface area (Å²) < 4.78 is 15.2. The van der Waals surface area contributed by atoms with E-state index in [2.05, 4.69) is 0 Å². The van der Waals surface area contributed by atoms with Crippen LogP contribution in [0.5, 0.6) is 0 Å². The van der Waals surface area contributed by atoms with Crippen LogP contribution in [0.15, 0.2) is 0 Å². The minimum atomic E-state index is 0.0973. The average Bonchev–Trinajstić information content (AvgIpc) is 2.11. The number of methoxy groups -OCH3 is 2. The predicted octanol–water partition coefficient (Wildman–Crippen LogP) is 0.0132. The highest BCUT2D eigenvalue weighted by molar-refractivity contribution is 4.57. The van der Waals surface area contributed by atoms with Crippen LogP contribution in [0.25, 0.3) is 0 Å². The fourth-order valence-electron chi connectivity index (χ4n) is 0.817. The lowest BCUT2D eigenvalue weighted by Crippen LogP contribution is -2.26. The molecule has 0 aliphatic carbocycles. The van der Waals surface area contributed by atoms with E-state index in [1.807, 2.05) is 0 Å². The molecule has 0 fully saturated rings. The molecule has 0 bridgehead atoms. The van der Waals surface area contributed by atoms with E-state index in [1.165, 1.54) is 0 Å². The van der Waals surface area contributed by atoms with Gasteiger partial charge in [-0.05, 0) is 6.42 Å². The van der Waals surface area contributed by atoms with Crippen LogP contribution in [0.4, 0.5) is 0 Å². The molecule has 0 saturated carbocycles. The van der Waals surface area contributed by atoms with Crippen molar-refractivity contribution < 1.29 is 14.2 Å². The predicted molar refractivity (Wildman–Crippen MR) is 47.2 cm³/mol. The lowest BCUT2D eigenvalue weighted by molar-refractivity contribution is 0.00657. The van der Waals surface area contributed by atoms with Crippen molar-refractivity contribution in [3.8, 4) is 0 Å². The fraction of sp³-hybridized carbons (Fsp3) is 1.00. The third-order valence-corrected chi connectivity index (χ3v) is 1.55. The zero-order valence-corrected chi connectivity index (χ0v) is 7.91. The van der Waals surface area contributed by atoms with Crippen molar-refractivity contribution in [2.45, 2.75) is 12.5 Å². The molecule has 2 N–H and O–H groups in total. The van der Waals surface area contributed by atoms with Crippen LogP contribution in [-0.2, 0) is 14.2 Å². The summed E-state index contributed by atoms with van der Waals surface area (Å²) >= 11 is 0. The molecule has 0 rings (SSSR count). The highest BCUT2D eigenvalue weighted by atomic mass is 16.5. The Morgan fingerprint density at radius 3 is 2.25 bits per heavy atom. The molecule has 4 nitrogen and oxygen atoms in total. The van der Waals surface area contributed by atoms with Crippen LogP contribution in [0, 0.1) is 0 Å². The molecule has 0 heterocycles. The standard InChI is InChI=1S/C8H19NO3/c1-10-4-3-8(7-9)12-6-5-11-2/h8H,3-7,9H2,1-2H3. The van der Waals surface area contributed by atoms with Gasteiger partial charge in [0.2, 0.25) is 0 Å². The van der Waals surface area contributed by atoms with Gasteiger partial charge in [0.05, 0.1) is 19.3 Å². The van der Waals surface area contributed by atoms with Gasteiger partial charge in [-0.1, -0.05) is 0 Å². The summed E-state index contributed by atoms with van der Waals surface area (Å²) in [6, 6.07) is 0. The Bertz CT molecular complexity index is 90.4. The van der Waals surface area contributed by atoms with Gasteiger partial charge in [0.15, 0.2) is 0 Å². The number of hydrogen-bond acceptors (Lipinski definition) is 4. The molecule has 0 aliphatic rings. The molecular formula is C8H19NO3. The first-order valence-electron chi connectivity index (χ1n) is 4.14. The first-order chi connectivity index (χ1) is 5.85. The molecule has 0 aromatic heterocycles. The SMILES string of the molecule is COCCOC(CN)CCOC. The largest absolute Gasteiger partial charge is 0.385 e. The molecule has 0 amide bonds. The summed E-state index contributed by atoms with van der Waals surface area (Å²) in [5.74, 6) is 0. The smallest absolute Gasteiger partial charge is 0.0720 e. The van der Waals surface area contributed by atoms with Gasteiger partial charge in [0.25, 0.3) is 0 Å². The first kappa shape index (κ1) is 11.8. The molecule has 0 aromatic rings. The van der Waals surface area contributed by atoms with Gasteiger partial charge in [0.1, 0.15) is 0 Å². The molecule has 0 saturated heterocycles. The quantitative estimate of drug-likeness (QED) is 0.531. The van der Waals surface area contributed by atoms with Gasteiger partial charge in [-0.3, -0.25) is 0 Å². The lowest BCUT2D eigenvalue weighted by Gasteiger charge is -2.14. The topological polar surface area (TPSA) is 53.7 Å². The van der Waals surface area contributed by atoms with Crippen LogP contribution in [0.1, 0.15) is 6.42 Å². The second-order valence-corrected chi connectivity index (χ2v) is 2.50. The van der Waals surface area contributed by atoms with Gasteiger partial charge in [0, 0.05) is 27.4 Å². The molecule has 4 heteroatoms. The summed E-state index contributed by atoms with van der Waals surface area (Å²) in [4.78, 5) is 0. The van der Waals surface area contributed by atoms with Crippen molar-refractivity contribution in [2.24, 2.45) is 5.73 Å². The van der Waals surface area contributed by atoms with Crippen LogP contribution < -0.4 is 5.73 Å². The number of nitrogens with two attached hydrogens (primary N) is 1. The molecule has 0 aliphatic heterocycles. The summed E-state index contributed by atoms with van der Waals surface area (Å²) in [5, 5.41) is 0. The third-order valence-electron chi connectivity index (χ3n) is 1.55. The normalized spacial score (nSPS) is 13.2. The van der Waals surface area contributed by atoms with Crippen molar-refractivity contribution in [1.29, 1.82) is 0 Å². The summed E-state index contributed by atoms with van der Waals surface area (Å²) in [6.45, 7) is 2.44. The third kappa shape index (κ3) is 6.54. The molecule has 0 aromatic carbocycles. The minimum absolute atomic E-state index is 0.0973. The summed E-state index contributed by atoms with van der Waals surface area (Å²) in [5.41, 5.74) is 5.47. The van der Waals surface area contributed by atoms with E-state index >= 15 is 0 Å². The Kier molecular flexibility index (Phi) is 8.81. The van der Waals surface area contributed by atoms with Gasteiger partial charge in [-0.25, -0.2) is 0 Å². The zero-order valence-electron chi connectivity index (χ0n) is 7.91. The molecule has 0 radical (unpaired) electrons. The summed E-state index contributed by atoms with van der Waals surface area (Å²) in [6.07, 6.45) is 0.941. The highest BCUT2D eigenvalue weighted by Crippen LogP contribution is 1.96. The Balaban J connectivity index is 3.26. The number of hydrogen-bond donors (Lipinski definition) is 1. The van der Waals surface area contributed by atoms with Crippen LogP contribution in [0.3, 0.4) is 0 Å². The number of ether oxygens (including phenoxy) is 3. The van der Waals surface area contributed by atoms with Crippen molar-refractivity contribution in [1.82, 2.24) is 0 Å². The van der Waals surface area contributed by atoms with Gasteiger partial charge in [-0.15, -0.1) is 0 Å². The monoisotopic (exact) mass is 177 g/mol. The van der Waals surface area contributed by atoms with Crippen LogP contribution in [0.2, 0.25) is 0 Å². The second-order valence-electron chi connectivity index (χ2n) is 2.50. The van der Waals surface area contributed by atoms with Crippen molar-refractivity contribution >= 4 is 0 Å². The summed E-state index contributed by atoms with van der Waals surface area (Å²) in [7, 11) is 3.32. The molecule has 12 heavy (non-hydrogen) atoms. The van der Waals surface area contributed by atoms with E-state index in [4.69, 9.17) is 19.9 Å². The molecular weight excluding hydrogens is 158 g/mol. The van der Waals surface area contributed by atoms with E-state index in [0.717, 1.165) is 6.42 Å². The Hall–Kier alpha value is -0.160. The van der Waals surface area contributed by atoms with Gasteiger partial charge in [-0.2, -0.15) is 0 Å². The zero-order chi connectivity index (χ0) is 9.23. The van der Waals surface area contributed by atoms with Crippen LogP contribution >= 0.6 is 0 Å². The second kappa shape index (κ2) is 8.93. The van der Waals surface area contributed by atoms with E-state index in [1.54, 1.807) is 14.2 Å². The van der Waals surface area contributed by atoms with E-state index in [9.17, 15) is 0 Å². The maximum atomic E-state index is 5.47. The average molecular weight is 177 g/mol. The fourth-order valence-corrected chi connectivity index (χ4v) is 0.817. The van der Waals surface area contributed by atoms with E-state index in [0.29, 0.717) is 26.4 Å². The van der Waals surface area contributed by atoms with Gasteiger partial charge < -0.3 is 19.9 Å². The van der Waals surface area contributed by atoms with E-state index in [-0.39, 0.29) is 6.10 Å². The maximum Gasteiger partial charge on any atom is 0.0720 e. The minimum Gasteiger partial charge on any atom is -0.385 e. The molecule has 1 atom stereocenters. The maximum absolute atomic E-state index is 5.47. The molecule has 74 valence electrons. The first-order valence-corrected chi connectivity index (χ1v) is 4.14. The van der Waals surface area contributed by atoms with Crippen molar-refractivity contribution in [3.63, 3.8) is 0 Å². The molecule has 0 spiro atoms. The molecule has 1 unspecified atom stereocenters. The van der Waals surface area contributed by atoms with E-state index < -0.39 is 0 Å². The Morgan fingerprint density at radius 1 is 1.08 bits per heavy atom. The van der Waals surface area contributed by atoms with Crippen molar-refractivity contribution in [2.75, 3.05) is 40.6 Å². The Labute approximate surface area is 74.0 Å². The van der Waals surface area contributed by atoms with Crippen LogP contribution in [-0.4, -0.2) is 46.7 Å². The number of rotatable bonds is 8.